The Balaban J connectivity index is 1.36. The van der Waals surface area contributed by atoms with Crippen LogP contribution >= 0.6 is 0 Å². The molecule has 1 saturated heterocycles. The third-order valence-corrected chi connectivity index (χ3v) is 6.88. The number of amides is 1. The van der Waals surface area contributed by atoms with Crippen molar-refractivity contribution in [1.82, 2.24) is 24.0 Å². The van der Waals surface area contributed by atoms with Crippen molar-refractivity contribution >= 4 is 28.0 Å². The van der Waals surface area contributed by atoms with Gasteiger partial charge in [0.1, 0.15) is 11.2 Å². The van der Waals surface area contributed by atoms with E-state index in [4.69, 9.17) is 0 Å². The molecule has 1 aliphatic heterocycles. The van der Waals surface area contributed by atoms with Gasteiger partial charge in [-0.15, -0.1) is 0 Å². The number of pyridine rings is 2. The fraction of sp³-hybridized carbons (Fsp3) is 0.385. The minimum absolute atomic E-state index is 0.0520. The molecule has 7 nitrogen and oxygen atoms in total. The van der Waals surface area contributed by atoms with Gasteiger partial charge in [0.2, 0.25) is 11.3 Å². The van der Waals surface area contributed by atoms with E-state index in [2.05, 4.69) is 9.97 Å². The van der Waals surface area contributed by atoms with Crippen molar-refractivity contribution in [3.8, 4) is 0 Å². The minimum Gasteiger partial charge on any atom is -0.338 e. The Morgan fingerprint density at radius 3 is 2.50 bits per heavy atom. The molecule has 0 saturated carbocycles. The van der Waals surface area contributed by atoms with Gasteiger partial charge in [-0.1, -0.05) is 12.1 Å². The number of hydrogen-bond acceptors (Lipinski definition) is 4. The number of imidazole rings is 1. The van der Waals surface area contributed by atoms with E-state index in [0.717, 1.165) is 5.69 Å². The minimum atomic E-state index is -4.56. The lowest BCUT2D eigenvalue weighted by atomic mass is 9.96. The second-order valence-electron chi connectivity index (χ2n) is 9.25. The van der Waals surface area contributed by atoms with E-state index in [1.165, 1.54) is 4.57 Å². The standard InChI is InChI=1S/C26H26F3N5O2/c1-3-32-15-19(22(35)18-9-8-16(2)30-23(18)32)24(36)33-12-10-17(11-13-33)14-34-21-7-5-4-6-20(21)31-25(34)26(27,28)29/h4-9,15,17H,3,10-14H2,1-2H3. The Morgan fingerprint density at radius 1 is 1.08 bits per heavy atom. The van der Waals surface area contributed by atoms with E-state index in [1.807, 2.05) is 13.8 Å². The van der Waals surface area contributed by atoms with Crippen molar-refractivity contribution in [3.63, 3.8) is 0 Å². The Labute approximate surface area is 205 Å². The number of aromatic nitrogens is 4. The number of piperidine rings is 1. The van der Waals surface area contributed by atoms with Crippen molar-refractivity contribution in [2.45, 2.75) is 46.0 Å². The summed E-state index contributed by atoms with van der Waals surface area (Å²) in [7, 11) is 0. The van der Waals surface area contributed by atoms with Crippen LogP contribution < -0.4 is 5.43 Å². The van der Waals surface area contributed by atoms with Crippen LogP contribution in [0.4, 0.5) is 13.2 Å². The first kappa shape index (κ1) is 24.0. The van der Waals surface area contributed by atoms with Gasteiger partial charge in [0.05, 0.1) is 16.4 Å². The number of likely N-dealkylation sites (tertiary alicyclic amines) is 1. The lowest BCUT2D eigenvalue weighted by Gasteiger charge is -2.32. The zero-order chi connectivity index (χ0) is 25.6. The van der Waals surface area contributed by atoms with Gasteiger partial charge in [0.25, 0.3) is 5.91 Å². The van der Waals surface area contributed by atoms with Crippen LogP contribution in [0.2, 0.25) is 0 Å². The lowest BCUT2D eigenvalue weighted by molar-refractivity contribution is -0.147. The van der Waals surface area contributed by atoms with Gasteiger partial charge in [-0.05, 0) is 56.9 Å². The van der Waals surface area contributed by atoms with Gasteiger partial charge >= 0.3 is 6.18 Å². The van der Waals surface area contributed by atoms with Gasteiger partial charge in [-0.3, -0.25) is 9.59 Å². The van der Waals surface area contributed by atoms with Gasteiger partial charge in [-0.2, -0.15) is 13.2 Å². The first-order valence-electron chi connectivity index (χ1n) is 12.0. The van der Waals surface area contributed by atoms with Crippen LogP contribution in [0.1, 0.15) is 41.6 Å². The SMILES string of the molecule is CCn1cc(C(=O)N2CCC(Cn3c(C(F)(F)F)nc4ccccc43)CC2)c(=O)c2ccc(C)nc21. The summed E-state index contributed by atoms with van der Waals surface area (Å²) in [5, 5.41) is 0.398. The predicted molar refractivity (Wildman–Crippen MR) is 130 cm³/mol. The largest absolute Gasteiger partial charge is 0.449 e. The smallest absolute Gasteiger partial charge is 0.338 e. The first-order chi connectivity index (χ1) is 17.2. The molecule has 0 N–H and O–H groups in total. The fourth-order valence-electron chi connectivity index (χ4n) is 4.98. The molecule has 188 valence electrons. The predicted octanol–water partition coefficient (Wildman–Crippen LogP) is 4.65. The van der Waals surface area contributed by atoms with Crippen LogP contribution in [-0.4, -0.2) is 43.0 Å². The number of halogens is 3. The Kier molecular flexibility index (Phi) is 6.05. The van der Waals surface area contributed by atoms with Crippen LogP contribution in [0.15, 0.2) is 47.4 Å². The highest BCUT2D eigenvalue weighted by Crippen LogP contribution is 2.33. The molecule has 5 rings (SSSR count). The number of hydrogen-bond donors (Lipinski definition) is 0. The summed E-state index contributed by atoms with van der Waals surface area (Å²) in [5.74, 6) is -1.31. The fourth-order valence-corrected chi connectivity index (χ4v) is 4.98. The number of para-hydroxylation sites is 2. The number of carbonyl (C=O) groups is 1. The maximum atomic E-state index is 13.7. The molecule has 0 aliphatic carbocycles. The molecule has 1 amide bonds. The summed E-state index contributed by atoms with van der Waals surface area (Å²) in [6.45, 7) is 5.22. The van der Waals surface area contributed by atoms with Crippen LogP contribution in [-0.2, 0) is 19.3 Å². The highest BCUT2D eigenvalue weighted by atomic mass is 19.4. The van der Waals surface area contributed by atoms with Gasteiger partial charge in [0, 0.05) is 38.1 Å². The molecule has 0 atom stereocenters. The van der Waals surface area contributed by atoms with E-state index >= 15 is 0 Å². The Bertz CT molecular complexity index is 1510. The van der Waals surface area contributed by atoms with E-state index in [9.17, 15) is 22.8 Å². The van der Waals surface area contributed by atoms with Crippen LogP contribution in [0.3, 0.4) is 0 Å². The lowest BCUT2D eigenvalue weighted by Crippen LogP contribution is -2.41. The van der Waals surface area contributed by atoms with Crippen molar-refractivity contribution in [2.75, 3.05) is 13.1 Å². The molecule has 4 heterocycles. The average Bonchev–Trinajstić information content (AvgIpc) is 3.23. The molecule has 4 aromatic rings. The molecule has 1 aromatic carbocycles. The second-order valence-corrected chi connectivity index (χ2v) is 9.25. The molecular formula is C26H26F3N5O2. The number of nitrogens with zero attached hydrogens (tertiary/aromatic N) is 5. The summed E-state index contributed by atoms with van der Waals surface area (Å²) in [4.78, 5) is 36.3. The number of rotatable bonds is 4. The highest BCUT2D eigenvalue weighted by Gasteiger charge is 2.38. The van der Waals surface area contributed by atoms with Gasteiger partial charge < -0.3 is 14.0 Å². The molecule has 3 aromatic heterocycles. The number of benzene rings is 1. The molecule has 0 radical (unpaired) electrons. The summed E-state index contributed by atoms with van der Waals surface area (Å²) in [6, 6.07) is 10.0. The number of fused-ring (bicyclic) bond motifs is 2. The molecule has 0 bridgehead atoms. The van der Waals surface area contributed by atoms with E-state index in [1.54, 1.807) is 52.1 Å². The summed E-state index contributed by atoms with van der Waals surface area (Å²) < 4.78 is 44.0. The van der Waals surface area contributed by atoms with E-state index in [0.29, 0.717) is 54.5 Å². The van der Waals surface area contributed by atoms with Crippen molar-refractivity contribution in [1.29, 1.82) is 0 Å². The summed E-state index contributed by atoms with van der Waals surface area (Å²) in [6.07, 6.45) is -1.92. The molecule has 0 unspecified atom stereocenters. The topological polar surface area (TPSA) is 73.0 Å². The molecular weight excluding hydrogens is 471 g/mol. The monoisotopic (exact) mass is 497 g/mol. The average molecular weight is 498 g/mol. The number of aryl methyl sites for hydroxylation is 2. The van der Waals surface area contributed by atoms with Crippen LogP contribution in [0.25, 0.3) is 22.1 Å². The van der Waals surface area contributed by atoms with E-state index in [-0.39, 0.29) is 29.4 Å². The van der Waals surface area contributed by atoms with Crippen LogP contribution in [0.5, 0.6) is 0 Å². The highest BCUT2D eigenvalue weighted by molar-refractivity contribution is 5.97. The maximum Gasteiger partial charge on any atom is 0.449 e. The van der Waals surface area contributed by atoms with Gasteiger partial charge in [0.15, 0.2) is 0 Å². The number of carbonyl (C=O) groups excluding carboxylic acids is 1. The number of alkyl halides is 3. The van der Waals surface area contributed by atoms with Gasteiger partial charge in [-0.25, -0.2) is 9.97 Å². The quantitative estimate of drug-likeness (QED) is 0.412. The van der Waals surface area contributed by atoms with Crippen molar-refractivity contribution in [3.05, 3.63) is 69.9 Å². The normalized spacial score (nSPS) is 15.2. The summed E-state index contributed by atoms with van der Waals surface area (Å²) in [5.41, 5.74) is 1.83. The maximum absolute atomic E-state index is 13.7. The zero-order valence-corrected chi connectivity index (χ0v) is 20.0. The van der Waals surface area contributed by atoms with Crippen molar-refractivity contribution < 1.29 is 18.0 Å². The Morgan fingerprint density at radius 2 is 1.81 bits per heavy atom. The second kappa shape index (κ2) is 9.07. The zero-order valence-electron chi connectivity index (χ0n) is 20.0. The molecule has 0 spiro atoms. The van der Waals surface area contributed by atoms with Crippen LogP contribution in [0, 0.1) is 12.8 Å². The third-order valence-electron chi connectivity index (χ3n) is 6.88. The molecule has 1 fully saturated rings. The molecule has 36 heavy (non-hydrogen) atoms. The molecule has 1 aliphatic rings. The van der Waals surface area contributed by atoms with E-state index < -0.39 is 12.0 Å². The third kappa shape index (κ3) is 4.25. The Hall–Kier alpha value is -3.69. The first-order valence-corrected chi connectivity index (χ1v) is 12.0. The molecule has 10 heteroatoms. The van der Waals surface area contributed by atoms with Crippen molar-refractivity contribution in [2.24, 2.45) is 5.92 Å². The summed E-state index contributed by atoms with van der Waals surface area (Å²) >= 11 is 0.